The first-order valence-electron chi connectivity index (χ1n) is 11.7. The van der Waals surface area contributed by atoms with Crippen LogP contribution in [0, 0.1) is 6.92 Å². The molecule has 0 aromatic heterocycles. The van der Waals surface area contributed by atoms with Crippen molar-refractivity contribution in [2.75, 3.05) is 7.11 Å². The van der Waals surface area contributed by atoms with Crippen molar-refractivity contribution in [2.45, 2.75) is 20.1 Å². The second kappa shape index (κ2) is 10.8. The molecule has 0 radical (unpaired) electrons. The van der Waals surface area contributed by atoms with Crippen LogP contribution in [-0.4, -0.2) is 23.2 Å². The molecule has 186 valence electrons. The summed E-state index contributed by atoms with van der Waals surface area (Å²) in [5, 5.41) is 1.82. The highest BCUT2D eigenvalue weighted by atomic mass is 79.9. The molecular formula is C30H24BrNO4S. The molecule has 4 aromatic carbocycles. The lowest BCUT2D eigenvalue weighted by Crippen LogP contribution is -2.27. The molecule has 5 rings (SSSR count). The van der Waals surface area contributed by atoms with Gasteiger partial charge in [0.2, 0.25) is 0 Å². The molecule has 1 saturated heterocycles. The van der Waals surface area contributed by atoms with Crippen LogP contribution in [0.5, 0.6) is 11.5 Å². The third kappa shape index (κ3) is 5.43. The van der Waals surface area contributed by atoms with Gasteiger partial charge >= 0.3 is 0 Å². The molecule has 0 atom stereocenters. The van der Waals surface area contributed by atoms with Crippen molar-refractivity contribution in [3.8, 4) is 11.5 Å². The van der Waals surface area contributed by atoms with Crippen LogP contribution in [0.3, 0.4) is 0 Å². The van der Waals surface area contributed by atoms with Crippen LogP contribution < -0.4 is 9.47 Å². The highest BCUT2D eigenvalue weighted by Crippen LogP contribution is 2.40. The Morgan fingerprint density at radius 2 is 1.73 bits per heavy atom. The van der Waals surface area contributed by atoms with Crippen molar-refractivity contribution in [1.29, 1.82) is 0 Å². The lowest BCUT2D eigenvalue weighted by Gasteiger charge is -2.15. The van der Waals surface area contributed by atoms with Gasteiger partial charge in [0.15, 0.2) is 11.5 Å². The number of methoxy groups -OCH3 is 1. The van der Waals surface area contributed by atoms with E-state index in [1.165, 1.54) is 10.5 Å². The number of fused-ring (bicyclic) bond motifs is 1. The van der Waals surface area contributed by atoms with Gasteiger partial charge in [-0.1, -0.05) is 72.3 Å². The maximum absolute atomic E-state index is 13.2. The summed E-state index contributed by atoms with van der Waals surface area (Å²) in [4.78, 5) is 27.6. The standard InChI is InChI=1S/C30H24BrNO4S/c1-19-10-12-20(13-11-19)18-36-28-25(31)14-21(15-26(28)35-2)16-27-29(33)32(30(34)37-27)17-23-8-5-7-22-6-3-4-9-24(22)23/h3-16H,17-18H2,1-2H3/b27-16-. The summed E-state index contributed by atoms with van der Waals surface area (Å²) in [6.07, 6.45) is 1.71. The maximum Gasteiger partial charge on any atom is 0.293 e. The number of ether oxygens (including phenoxy) is 2. The van der Waals surface area contributed by atoms with Gasteiger partial charge in [-0.2, -0.15) is 0 Å². The zero-order chi connectivity index (χ0) is 25.9. The number of carbonyl (C=O) groups is 2. The third-order valence-corrected chi connectivity index (χ3v) is 7.63. The average Bonchev–Trinajstić information content (AvgIpc) is 3.16. The second-order valence-electron chi connectivity index (χ2n) is 8.71. The van der Waals surface area contributed by atoms with Crippen LogP contribution in [0.15, 0.2) is 88.2 Å². The Labute approximate surface area is 228 Å². The first-order valence-corrected chi connectivity index (χ1v) is 13.3. The fourth-order valence-corrected chi connectivity index (χ4v) is 5.60. The zero-order valence-corrected chi connectivity index (χ0v) is 22.8. The first kappa shape index (κ1) is 25.1. The number of hydrogen-bond acceptors (Lipinski definition) is 5. The number of imide groups is 1. The molecular weight excluding hydrogens is 550 g/mol. The molecule has 0 spiro atoms. The lowest BCUT2D eigenvalue weighted by atomic mass is 10.0. The third-order valence-electron chi connectivity index (χ3n) is 6.14. The summed E-state index contributed by atoms with van der Waals surface area (Å²) >= 11 is 4.52. The van der Waals surface area contributed by atoms with E-state index in [2.05, 4.69) is 15.9 Å². The fraction of sp³-hybridized carbons (Fsp3) is 0.133. The highest BCUT2D eigenvalue weighted by Gasteiger charge is 2.35. The summed E-state index contributed by atoms with van der Waals surface area (Å²) in [6, 6.07) is 25.7. The minimum absolute atomic E-state index is 0.224. The summed E-state index contributed by atoms with van der Waals surface area (Å²) in [5.41, 5.74) is 3.89. The van der Waals surface area contributed by atoms with Gasteiger partial charge in [-0.15, -0.1) is 0 Å². The van der Waals surface area contributed by atoms with Crippen molar-refractivity contribution in [2.24, 2.45) is 0 Å². The van der Waals surface area contributed by atoms with Gasteiger partial charge in [0.25, 0.3) is 11.1 Å². The van der Waals surface area contributed by atoms with E-state index in [0.717, 1.165) is 39.2 Å². The van der Waals surface area contributed by atoms with Crippen LogP contribution >= 0.6 is 27.7 Å². The molecule has 0 saturated carbocycles. The quantitative estimate of drug-likeness (QED) is 0.212. The molecule has 0 bridgehead atoms. The van der Waals surface area contributed by atoms with Crippen LogP contribution in [0.1, 0.15) is 22.3 Å². The molecule has 0 unspecified atom stereocenters. The number of thioether (sulfide) groups is 1. The number of benzene rings is 4. The van der Waals surface area contributed by atoms with Gasteiger partial charge in [-0.05, 0) is 80.3 Å². The van der Waals surface area contributed by atoms with Gasteiger partial charge < -0.3 is 9.47 Å². The maximum atomic E-state index is 13.2. The Bertz CT molecular complexity index is 1530. The topological polar surface area (TPSA) is 55.8 Å². The number of rotatable bonds is 7. The monoisotopic (exact) mass is 573 g/mol. The van der Waals surface area contributed by atoms with E-state index < -0.39 is 0 Å². The fourth-order valence-electron chi connectivity index (χ4n) is 4.19. The first-order chi connectivity index (χ1) is 17.9. The number of amides is 2. The summed E-state index contributed by atoms with van der Waals surface area (Å²) in [7, 11) is 1.57. The van der Waals surface area contributed by atoms with E-state index in [0.29, 0.717) is 27.5 Å². The van der Waals surface area contributed by atoms with Gasteiger partial charge in [-0.3, -0.25) is 14.5 Å². The Kier molecular flexibility index (Phi) is 7.35. The van der Waals surface area contributed by atoms with Crippen molar-refractivity contribution >= 4 is 55.7 Å². The van der Waals surface area contributed by atoms with E-state index in [1.54, 1.807) is 19.3 Å². The Hall–Kier alpha value is -3.55. The molecule has 1 fully saturated rings. The van der Waals surface area contributed by atoms with Crippen LogP contribution in [0.2, 0.25) is 0 Å². The van der Waals surface area contributed by atoms with E-state index in [1.807, 2.05) is 79.7 Å². The van der Waals surface area contributed by atoms with Gasteiger partial charge in [0.1, 0.15) is 6.61 Å². The van der Waals surface area contributed by atoms with E-state index in [9.17, 15) is 9.59 Å². The van der Waals surface area contributed by atoms with Crippen LogP contribution in [0.25, 0.3) is 16.8 Å². The van der Waals surface area contributed by atoms with Gasteiger partial charge in [0, 0.05) is 0 Å². The molecule has 37 heavy (non-hydrogen) atoms. The van der Waals surface area contributed by atoms with Crippen molar-refractivity contribution in [1.82, 2.24) is 4.90 Å². The number of carbonyl (C=O) groups excluding carboxylic acids is 2. The Balaban J connectivity index is 1.36. The molecule has 7 heteroatoms. The van der Waals surface area contributed by atoms with Crippen LogP contribution in [0.4, 0.5) is 4.79 Å². The van der Waals surface area contributed by atoms with E-state index in [-0.39, 0.29) is 17.7 Å². The summed E-state index contributed by atoms with van der Waals surface area (Å²) in [6.45, 7) is 2.66. The zero-order valence-electron chi connectivity index (χ0n) is 20.4. The smallest absolute Gasteiger partial charge is 0.293 e. The molecule has 0 N–H and O–H groups in total. The Morgan fingerprint density at radius 3 is 2.51 bits per heavy atom. The SMILES string of the molecule is COc1cc(/C=C2\SC(=O)N(Cc3cccc4ccccc34)C2=O)cc(Br)c1OCc1ccc(C)cc1. The second-order valence-corrected chi connectivity index (χ2v) is 10.6. The molecule has 1 aliphatic rings. The number of hydrogen-bond donors (Lipinski definition) is 0. The normalized spacial score (nSPS) is 14.6. The van der Waals surface area contributed by atoms with Crippen molar-refractivity contribution in [3.63, 3.8) is 0 Å². The molecule has 0 aliphatic carbocycles. The van der Waals surface area contributed by atoms with Crippen molar-refractivity contribution in [3.05, 3.63) is 110 Å². The van der Waals surface area contributed by atoms with Crippen molar-refractivity contribution < 1.29 is 19.1 Å². The van der Waals surface area contributed by atoms with Gasteiger partial charge in [-0.25, -0.2) is 0 Å². The molecule has 1 heterocycles. The highest BCUT2D eigenvalue weighted by molar-refractivity contribution is 9.10. The largest absolute Gasteiger partial charge is 0.493 e. The Morgan fingerprint density at radius 1 is 0.973 bits per heavy atom. The summed E-state index contributed by atoms with van der Waals surface area (Å²) in [5.74, 6) is 0.796. The number of nitrogens with zero attached hydrogens (tertiary/aromatic N) is 1. The minimum Gasteiger partial charge on any atom is -0.493 e. The number of halogens is 1. The summed E-state index contributed by atoms with van der Waals surface area (Å²) < 4.78 is 12.3. The van der Waals surface area contributed by atoms with Gasteiger partial charge in [0.05, 0.1) is 23.0 Å². The predicted octanol–water partition coefficient (Wildman–Crippen LogP) is 7.73. The molecule has 2 amide bonds. The predicted molar refractivity (Wildman–Crippen MR) is 152 cm³/mol. The average molecular weight is 574 g/mol. The minimum atomic E-state index is -0.308. The number of aryl methyl sites for hydroxylation is 1. The lowest BCUT2D eigenvalue weighted by molar-refractivity contribution is -0.123. The molecule has 4 aromatic rings. The van der Waals surface area contributed by atoms with E-state index in [4.69, 9.17) is 9.47 Å². The van der Waals surface area contributed by atoms with Crippen LogP contribution in [-0.2, 0) is 17.9 Å². The molecule has 1 aliphatic heterocycles. The van der Waals surface area contributed by atoms with E-state index >= 15 is 0 Å². The molecule has 5 nitrogen and oxygen atoms in total.